The molecule has 1 aromatic carbocycles. The van der Waals surface area contributed by atoms with Crippen molar-refractivity contribution in [3.8, 4) is 11.5 Å². The van der Waals surface area contributed by atoms with Gasteiger partial charge in [-0.25, -0.2) is 4.79 Å². The minimum atomic E-state index is -0.635. The van der Waals surface area contributed by atoms with Crippen LogP contribution in [-0.2, 0) is 12.8 Å². The molecule has 0 spiro atoms. The van der Waals surface area contributed by atoms with E-state index in [-0.39, 0.29) is 11.5 Å². The first-order chi connectivity index (χ1) is 14.0. The van der Waals surface area contributed by atoms with E-state index in [1.807, 2.05) is 0 Å². The van der Waals surface area contributed by atoms with E-state index in [0.717, 1.165) is 6.42 Å². The van der Waals surface area contributed by atoms with E-state index in [0.29, 0.717) is 17.7 Å². The highest BCUT2D eigenvalue weighted by Crippen LogP contribution is 2.28. The highest BCUT2D eigenvalue weighted by molar-refractivity contribution is 5.44. The Labute approximate surface area is 174 Å². The maximum Gasteiger partial charge on any atom is 0.382 e. The van der Waals surface area contributed by atoms with Crippen molar-refractivity contribution in [1.29, 1.82) is 0 Å². The zero-order chi connectivity index (χ0) is 21.1. The fourth-order valence-corrected chi connectivity index (χ4v) is 3.46. The Balaban J connectivity index is 1.63. The molecule has 0 atom stereocenters. The lowest BCUT2D eigenvalue weighted by Crippen LogP contribution is -2.07. The molecule has 0 aliphatic heterocycles. The largest absolute Gasteiger partial charge is 0.504 e. The number of aryl methyl sites for hydroxylation is 1. The quantitative estimate of drug-likeness (QED) is 0.345. The molecule has 0 unspecified atom stereocenters. The predicted molar refractivity (Wildman–Crippen MR) is 118 cm³/mol. The summed E-state index contributed by atoms with van der Waals surface area (Å²) >= 11 is 0. The Morgan fingerprint density at radius 1 is 1.07 bits per heavy atom. The van der Waals surface area contributed by atoms with Gasteiger partial charge in [0.2, 0.25) is 5.75 Å². The zero-order valence-electron chi connectivity index (χ0n) is 18.0. The Hall–Kier alpha value is -2.49. The Kier molecular flexibility index (Phi) is 9.55. The summed E-state index contributed by atoms with van der Waals surface area (Å²) < 4.78 is 10.2. The molecule has 0 fully saturated rings. The minimum absolute atomic E-state index is 0.128. The summed E-state index contributed by atoms with van der Waals surface area (Å²) in [5.41, 5.74) is 2.64. The van der Waals surface area contributed by atoms with Crippen molar-refractivity contribution in [3.05, 3.63) is 69.3 Å². The van der Waals surface area contributed by atoms with Crippen LogP contribution in [0.3, 0.4) is 0 Å². The molecule has 158 valence electrons. The second-order valence-corrected chi connectivity index (χ2v) is 7.68. The molecule has 2 rings (SSSR count). The zero-order valence-corrected chi connectivity index (χ0v) is 18.0. The topological polar surface area (TPSA) is 59.7 Å². The molecule has 1 heterocycles. The standard InChI is InChI=1S/C25H34O4/c1-19(17-18-22-20(2)23(26)24(28-3)25(27)29-22)13-9-6-4-5-7-10-14-21-15-11-8-12-16-21/h8,11-12,15-17,26H,4-7,9-10,13-14,18H2,1-3H3/b19-17+. The number of hydrogen-bond acceptors (Lipinski definition) is 4. The highest BCUT2D eigenvalue weighted by Gasteiger charge is 2.16. The maximum atomic E-state index is 11.8. The summed E-state index contributed by atoms with van der Waals surface area (Å²) in [6, 6.07) is 10.7. The van der Waals surface area contributed by atoms with Crippen molar-refractivity contribution >= 4 is 0 Å². The number of rotatable bonds is 12. The van der Waals surface area contributed by atoms with Crippen LogP contribution < -0.4 is 10.4 Å². The molecule has 1 aromatic heterocycles. The summed E-state index contributed by atoms with van der Waals surface area (Å²) in [7, 11) is 1.35. The van der Waals surface area contributed by atoms with Crippen molar-refractivity contribution in [2.45, 2.75) is 71.6 Å². The average Bonchev–Trinajstić information content (AvgIpc) is 2.72. The summed E-state index contributed by atoms with van der Waals surface area (Å²) in [4.78, 5) is 11.8. The number of ether oxygens (including phenoxy) is 1. The van der Waals surface area contributed by atoms with Crippen LogP contribution in [0.4, 0.5) is 0 Å². The lowest BCUT2D eigenvalue weighted by molar-refractivity contribution is 0.330. The maximum absolute atomic E-state index is 11.8. The molecule has 1 N–H and O–H groups in total. The van der Waals surface area contributed by atoms with Gasteiger partial charge in [0.1, 0.15) is 5.76 Å². The number of methoxy groups -OCH3 is 1. The third kappa shape index (κ3) is 7.45. The van der Waals surface area contributed by atoms with E-state index < -0.39 is 5.63 Å². The number of benzene rings is 1. The third-order valence-electron chi connectivity index (χ3n) is 5.36. The van der Waals surface area contributed by atoms with Gasteiger partial charge in [-0.15, -0.1) is 0 Å². The number of unbranched alkanes of at least 4 members (excludes halogenated alkanes) is 5. The molecule has 0 aliphatic carbocycles. The minimum Gasteiger partial charge on any atom is -0.504 e. The van der Waals surface area contributed by atoms with Crippen LogP contribution in [0.1, 0.15) is 68.8 Å². The smallest absolute Gasteiger partial charge is 0.382 e. The normalized spacial score (nSPS) is 11.6. The van der Waals surface area contributed by atoms with E-state index >= 15 is 0 Å². The van der Waals surface area contributed by atoms with Crippen LogP contribution >= 0.6 is 0 Å². The average molecular weight is 399 g/mol. The first-order valence-electron chi connectivity index (χ1n) is 10.6. The van der Waals surface area contributed by atoms with E-state index in [4.69, 9.17) is 9.15 Å². The molecule has 4 heteroatoms. The van der Waals surface area contributed by atoms with Crippen molar-refractivity contribution in [2.75, 3.05) is 7.11 Å². The van der Waals surface area contributed by atoms with Gasteiger partial charge in [0.25, 0.3) is 0 Å². The summed E-state index contributed by atoms with van der Waals surface area (Å²) in [5, 5.41) is 10.0. The van der Waals surface area contributed by atoms with Crippen molar-refractivity contribution < 1.29 is 14.3 Å². The van der Waals surface area contributed by atoms with Gasteiger partial charge in [0, 0.05) is 12.0 Å². The van der Waals surface area contributed by atoms with Gasteiger partial charge in [-0.05, 0) is 45.1 Å². The Bertz CT molecular complexity index is 834. The van der Waals surface area contributed by atoms with Gasteiger partial charge in [0.05, 0.1) is 7.11 Å². The van der Waals surface area contributed by atoms with Crippen LogP contribution in [-0.4, -0.2) is 12.2 Å². The summed E-state index contributed by atoms with van der Waals surface area (Å²) in [6.45, 7) is 3.84. The van der Waals surface area contributed by atoms with E-state index in [2.05, 4.69) is 43.3 Å². The molecular formula is C25H34O4. The van der Waals surface area contributed by atoms with Crippen molar-refractivity contribution in [3.63, 3.8) is 0 Å². The first kappa shape index (κ1) is 22.8. The monoisotopic (exact) mass is 398 g/mol. The van der Waals surface area contributed by atoms with Crippen LogP contribution in [0.2, 0.25) is 0 Å². The molecule has 4 nitrogen and oxygen atoms in total. The van der Waals surface area contributed by atoms with Gasteiger partial charge >= 0.3 is 5.63 Å². The Morgan fingerprint density at radius 2 is 1.72 bits per heavy atom. The number of allylic oxidation sites excluding steroid dienone is 2. The Morgan fingerprint density at radius 3 is 2.41 bits per heavy atom. The molecule has 0 aliphatic rings. The second-order valence-electron chi connectivity index (χ2n) is 7.68. The number of hydrogen-bond donors (Lipinski definition) is 1. The van der Waals surface area contributed by atoms with E-state index in [9.17, 15) is 9.90 Å². The molecule has 29 heavy (non-hydrogen) atoms. The first-order valence-corrected chi connectivity index (χ1v) is 10.6. The molecule has 0 amide bonds. The summed E-state index contributed by atoms with van der Waals surface area (Å²) in [6.07, 6.45) is 12.4. The van der Waals surface area contributed by atoms with Crippen LogP contribution in [0.15, 0.2) is 51.2 Å². The molecule has 0 bridgehead atoms. The van der Waals surface area contributed by atoms with Gasteiger partial charge in [0.15, 0.2) is 5.75 Å². The molecule has 0 radical (unpaired) electrons. The number of aromatic hydroxyl groups is 1. The van der Waals surface area contributed by atoms with Gasteiger partial charge < -0.3 is 14.3 Å². The molecule has 0 saturated heterocycles. The lowest BCUT2D eigenvalue weighted by atomic mass is 10.0. The fraction of sp³-hybridized carbons (Fsp3) is 0.480. The van der Waals surface area contributed by atoms with Crippen LogP contribution in [0, 0.1) is 6.92 Å². The van der Waals surface area contributed by atoms with Crippen molar-refractivity contribution in [1.82, 2.24) is 0 Å². The molecular weight excluding hydrogens is 364 g/mol. The predicted octanol–water partition coefficient (Wildman–Crippen LogP) is 6.12. The van der Waals surface area contributed by atoms with E-state index in [1.54, 1.807) is 6.92 Å². The third-order valence-corrected chi connectivity index (χ3v) is 5.36. The van der Waals surface area contributed by atoms with Gasteiger partial charge in [-0.2, -0.15) is 0 Å². The SMILES string of the molecule is COc1c(O)c(C)c(C/C=C(\C)CCCCCCCCc2ccccc2)oc1=O. The molecule has 0 saturated carbocycles. The van der Waals surface area contributed by atoms with Gasteiger partial charge in [-0.1, -0.05) is 67.7 Å². The summed E-state index contributed by atoms with van der Waals surface area (Å²) in [5.74, 6) is 0.235. The van der Waals surface area contributed by atoms with Crippen molar-refractivity contribution in [2.24, 2.45) is 0 Å². The fourth-order valence-electron chi connectivity index (χ4n) is 3.46. The van der Waals surface area contributed by atoms with Crippen LogP contribution in [0.5, 0.6) is 11.5 Å². The second kappa shape index (κ2) is 12.2. The molecule has 2 aromatic rings. The van der Waals surface area contributed by atoms with E-state index in [1.165, 1.54) is 63.2 Å². The van der Waals surface area contributed by atoms with Crippen LogP contribution in [0.25, 0.3) is 0 Å². The highest BCUT2D eigenvalue weighted by atomic mass is 16.5. The van der Waals surface area contributed by atoms with Gasteiger partial charge in [-0.3, -0.25) is 0 Å². The lowest BCUT2D eigenvalue weighted by Gasteiger charge is -2.08.